The number of nitrogens with zero attached hydrogens (tertiary/aromatic N) is 1. The lowest BCUT2D eigenvalue weighted by Gasteiger charge is -2.08. The number of thiazole rings is 1. The Bertz CT molecular complexity index is 875. The number of rotatable bonds is 4. The van der Waals surface area contributed by atoms with E-state index in [1.54, 1.807) is 29.5 Å². The van der Waals surface area contributed by atoms with Crippen LogP contribution in [-0.4, -0.2) is 10.9 Å². The Morgan fingerprint density at radius 3 is 2.58 bits per heavy atom. The normalized spacial score (nSPS) is 10.6. The molecule has 3 nitrogen and oxygen atoms in total. The molecule has 0 aliphatic rings. The molecule has 0 spiro atoms. The number of nitrogens with one attached hydrogen (secondary N) is 1. The van der Waals surface area contributed by atoms with Crippen LogP contribution in [0.3, 0.4) is 0 Å². The minimum absolute atomic E-state index is 0.248. The van der Waals surface area contributed by atoms with Gasteiger partial charge in [-0.15, -0.1) is 11.3 Å². The molecule has 3 aromatic rings. The van der Waals surface area contributed by atoms with Crippen molar-refractivity contribution in [3.63, 3.8) is 0 Å². The second-order valence-electron chi connectivity index (χ2n) is 5.23. The third kappa shape index (κ3) is 3.78. The average molecular weight is 377 g/mol. The highest BCUT2D eigenvalue weighted by atomic mass is 35.5. The van der Waals surface area contributed by atoms with Crippen LogP contribution < -0.4 is 5.32 Å². The van der Waals surface area contributed by atoms with Crippen LogP contribution in [0.1, 0.15) is 20.9 Å². The zero-order valence-corrected chi connectivity index (χ0v) is 15.2. The van der Waals surface area contributed by atoms with Gasteiger partial charge in [0.1, 0.15) is 0 Å². The van der Waals surface area contributed by atoms with E-state index in [9.17, 15) is 4.79 Å². The summed E-state index contributed by atoms with van der Waals surface area (Å²) >= 11 is 13.6. The maximum Gasteiger partial charge on any atom is 0.253 e. The number of carbonyl (C=O) groups excluding carboxylic acids is 1. The Kier molecular flexibility index (Phi) is 5.19. The Balaban J connectivity index is 1.66. The predicted octanol–water partition coefficient (Wildman–Crippen LogP) is 5.36. The fourth-order valence-electron chi connectivity index (χ4n) is 2.25. The molecular formula is C18H14Cl2N2OS. The lowest BCUT2D eigenvalue weighted by atomic mass is 10.1. The number of hydrogen-bond acceptors (Lipinski definition) is 3. The fraction of sp³-hybridized carbons (Fsp3) is 0.111. The summed E-state index contributed by atoms with van der Waals surface area (Å²) < 4.78 is 0. The minimum atomic E-state index is -0.248. The zero-order chi connectivity index (χ0) is 17.1. The van der Waals surface area contributed by atoms with Crippen molar-refractivity contribution in [1.29, 1.82) is 0 Å². The average Bonchev–Trinajstić information content (AvgIpc) is 3.02. The van der Waals surface area contributed by atoms with Crippen molar-refractivity contribution in [3.8, 4) is 11.3 Å². The molecule has 0 aliphatic heterocycles. The summed E-state index contributed by atoms with van der Waals surface area (Å²) in [5, 5.41) is 6.56. The molecular weight excluding hydrogens is 363 g/mol. The molecule has 122 valence electrons. The summed E-state index contributed by atoms with van der Waals surface area (Å²) in [6.07, 6.45) is 0. The van der Waals surface area contributed by atoms with Crippen LogP contribution >= 0.6 is 34.5 Å². The van der Waals surface area contributed by atoms with Gasteiger partial charge in [-0.2, -0.15) is 0 Å². The molecule has 0 radical (unpaired) electrons. The largest absolute Gasteiger partial charge is 0.348 e. The van der Waals surface area contributed by atoms with E-state index in [0.29, 0.717) is 17.1 Å². The first-order valence-electron chi connectivity index (χ1n) is 7.28. The van der Waals surface area contributed by atoms with E-state index < -0.39 is 0 Å². The van der Waals surface area contributed by atoms with E-state index in [1.165, 1.54) is 0 Å². The van der Waals surface area contributed by atoms with Crippen LogP contribution in [0, 0.1) is 6.92 Å². The Hall–Kier alpha value is -1.88. The first kappa shape index (κ1) is 17.0. The number of aryl methyl sites for hydroxylation is 1. The highest BCUT2D eigenvalue weighted by Crippen LogP contribution is 2.25. The molecule has 0 saturated carbocycles. The molecule has 6 heteroatoms. The monoisotopic (exact) mass is 376 g/mol. The molecule has 1 aromatic heterocycles. The molecule has 0 unspecified atom stereocenters. The molecule has 24 heavy (non-hydrogen) atoms. The Labute approximate surface area is 154 Å². The predicted molar refractivity (Wildman–Crippen MR) is 99.9 cm³/mol. The van der Waals surface area contributed by atoms with Crippen molar-refractivity contribution in [2.24, 2.45) is 0 Å². The fourth-order valence-corrected chi connectivity index (χ4v) is 3.25. The van der Waals surface area contributed by atoms with Gasteiger partial charge in [0.05, 0.1) is 26.3 Å². The molecule has 0 aliphatic carbocycles. The van der Waals surface area contributed by atoms with Crippen molar-refractivity contribution < 1.29 is 4.79 Å². The molecule has 2 aromatic carbocycles. The van der Waals surface area contributed by atoms with E-state index in [1.807, 2.05) is 36.6 Å². The van der Waals surface area contributed by atoms with Gasteiger partial charge in [0, 0.05) is 17.5 Å². The number of amides is 1. The van der Waals surface area contributed by atoms with E-state index in [0.717, 1.165) is 21.8 Å². The molecule has 0 saturated heterocycles. The second kappa shape index (κ2) is 7.34. The van der Waals surface area contributed by atoms with E-state index >= 15 is 0 Å². The van der Waals surface area contributed by atoms with Gasteiger partial charge in [-0.3, -0.25) is 4.79 Å². The lowest BCUT2D eigenvalue weighted by molar-refractivity contribution is 0.0951. The molecule has 0 fully saturated rings. The summed E-state index contributed by atoms with van der Waals surface area (Å²) in [5.74, 6) is -0.248. The number of hydrogen-bond donors (Lipinski definition) is 1. The van der Waals surface area contributed by atoms with Crippen molar-refractivity contribution in [2.45, 2.75) is 13.5 Å². The van der Waals surface area contributed by atoms with Crippen LogP contribution in [0.25, 0.3) is 11.3 Å². The molecule has 0 bridgehead atoms. The molecule has 1 N–H and O–H groups in total. The quantitative estimate of drug-likeness (QED) is 0.666. The molecule has 1 heterocycles. The summed E-state index contributed by atoms with van der Waals surface area (Å²) in [4.78, 5) is 16.7. The van der Waals surface area contributed by atoms with E-state index in [4.69, 9.17) is 23.2 Å². The van der Waals surface area contributed by atoms with Crippen molar-refractivity contribution in [2.75, 3.05) is 0 Å². The number of halogens is 2. The van der Waals surface area contributed by atoms with Gasteiger partial charge in [0.15, 0.2) is 0 Å². The van der Waals surface area contributed by atoms with Gasteiger partial charge in [-0.25, -0.2) is 4.98 Å². The third-order valence-electron chi connectivity index (χ3n) is 3.52. The Morgan fingerprint density at radius 2 is 1.92 bits per heavy atom. The highest BCUT2D eigenvalue weighted by molar-refractivity contribution is 7.09. The molecule has 0 atom stereocenters. The summed E-state index contributed by atoms with van der Waals surface area (Å²) in [6, 6.07) is 13.0. The number of benzene rings is 2. The van der Waals surface area contributed by atoms with Gasteiger partial charge in [-0.05, 0) is 24.6 Å². The van der Waals surface area contributed by atoms with Crippen molar-refractivity contribution in [1.82, 2.24) is 10.3 Å². The van der Waals surface area contributed by atoms with Crippen LogP contribution in [0.2, 0.25) is 10.0 Å². The lowest BCUT2D eigenvalue weighted by Crippen LogP contribution is -2.23. The van der Waals surface area contributed by atoms with Gasteiger partial charge < -0.3 is 5.32 Å². The summed E-state index contributed by atoms with van der Waals surface area (Å²) in [6.45, 7) is 2.40. The summed E-state index contributed by atoms with van der Waals surface area (Å²) in [5.41, 5.74) is 3.40. The maximum atomic E-state index is 12.2. The van der Waals surface area contributed by atoms with Gasteiger partial charge in [0.25, 0.3) is 5.91 Å². The van der Waals surface area contributed by atoms with Crippen LogP contribution in [0.5, 0.6) is 0 Å². The van der Waals surface area contributed by atoms with Gasteiger partial charge in [-0.1, -0.05) is 53.5 Å². The van der Waals surface area contributed by atoms with Crippen molar-refractivity contribution >= 4 is 40.4 Å². The number of aromatic nitrogens is 1. The number of carbonyl (C=O) groups is 1. The standard InChI is InChI=1S/C18H14Cl2N2OS/c1-11-22-16(10-24-11)13-7-5-12(6-8-13)9-21-18(23)14-3-2-4-15(19)17(14)20/h2-8,10H,9H2,1H3,(H,21,23). The molecule has 3 rings (SSSR count). The van der Waals surface area contributed by atoms with Crippen LogP contribution in [-0.2, 0) is 6.54 Å². The third-order valence-corrected chi connectivity index (χ3v) is 5.11. The smallest absolute Gasteiger partial charge is 0.253 e. The van der Waals surface area contributed by atoms with E-state index in [2.05, 4.69) is 10.3 Å². The van der Waals surface area contributed by atoms with Crippen LogP contribution in [0.15, 0.2) is 47.8 Å². The van der Waals surface area contributed by atoms with Gasteiger partial charge >= 0.3 is 0 Å². The van der Waals surface area contributed by atoms with Crippen LogP contribution in [0.4, 0.5) is 0 Å². The van der Waals surface area contributed by atoms with Crippen molar-refractivity contribution in [3.05, 3.63) is 74.0 Å². The molecule has 1 amide bonds. The van der Waals surface area contributed by atoms with E-state index in [-0.39, 0.29) is 10.9 Å². The van der Waals surface area contributed by atoms with Gasteiger partial charge in [0.2, 0.25) is 0 Å². The zero-order valence-electron chi connectivity index (χ0n) is 12.8. The summed E-state index contributed by atoms with van der Waals surface area (Å²) in [7, 11) is 0. The highest BCUT2D eigenvalue weighted by Gasteiger charge is 2.12. The Morgan fingerprint density at radius 1 is 1.17 bits per heavy atom. The second-order valence-corrected chi connectivity index (χ2v) is 7.08. The topological polar surface area (TPSA) is 42.0 Å². The first-order valence-corrected chi connectivity index (χ1v) is 8.92. The SMILES string of the molecule is Cc1nc(-c2ccc(CNC(=O)c3cccc(Cl)c3Cl)cc2)cs1. The maximum absolute atomic E-state index is 12.2. The minimum Gasteiger partial charge on any atom is -0.348 e. The first-order chi connectivity index (χ1) is 11.5.